The van der Waals surface area contributed by atoms with E-state index >= 15 is 0 Å². The zero-order chi connectivity index (χ0) is 19.4. The predicted molar refractivity (Wildman–Crippen MR) is 109 cm³/mol. The maximum absolute atomic E-state index is 12.8. The number of aliphatic hydroxyl groups is 1. The highest BCUT2D eigenvalue weighted by Gasteiger charge is 2.15. The molecule has 27 heavy (non-hydrogen) atoms. The zero-order valence-corrected chi connectivity index (χ0v) is 16.3. The van der Waals surface area contributed by atoms with Crippen LogP contribution in [0.4, 0.5) is 0 Å². The number of aryl methyl sites for hydroxylation is 2. The van der Waals surface area contributed by atoms with Crippen molar-refractivity contribution < 1.29 is 9.90 Å². The maximum atomic E-state index is 12.8. The summed E-state index contributed by atoms with van der Waals surface area (Å²) in [5, 5.41) is 10.2. The highest BCUT2D eigenvalue weighted by molar-refractivity contribution is 7.99. The number of hydrogen-bond donors (Lipinski definition) is 1. The summed E-state index contributed by atoms with van der Waals surface area (Å²) in [6.07, 6.45) is 0.457. The molecule has 0 aliphatic rings. The number of thioether (sulfide) groups is 1. The van der Waals surface area contributed by atoms with Crippen molar-refractivity contribution in [2.75, 3.05) is 12.4 Å². The maximum Gasteiger partial charge on any atom is 0.262 e. The number of ketones is 1. The van der Waals surface area contributed by atoms with Gasteiger partial charge in [-0.25, -0.2) is 4.98 Å². The molecular weight excluding hydrogens is 360 g/mol. The third-order valence-electron chi connectivity index (χ3n) is 4.39. The van der Waals surface area contributed by atoms with Crippen molar-refractivity contribution in [2.24, 2.45) is 0 Å². The number of para-hydroxylation sites is 1. The number of Topliss-reactive ketones (excluding diaryl/α,β-unsaturated/α-hetero) is 1. The Morgan fingerprint density at radius 3 is 2.74 bits per heavy atom. The van der Waals surface area contributed by atoms with E-state index in [4.69, 9.17) is 5.11 Å². The van der Waals surface area contributed by atoms with E-state index in [9.17, 15) is 9.59 Å². The van der Waals surface area contributed by atoms with E-state index in [2.05, 4.69) is 4.98 Å². The normalized spacial score (nSPS) is 11.1. The van der Waals surface area contributed by atoms with E-state index in [1.165, 1.54) is 11.8 Å². The second-order valence-electron chi connectivity index (χ2n) is 6.48. The van der Waals surface area contributed by atoms with Gasteiger partial charge in [0.05, 0.1) is 16.7 Å². The van der Waals surface area contributed by atoms with E-state index < -0.39 is 0 Å². The van der Waals surface area contributed by atoms with Gasteiger partial charge < -0.3 is 5.11 Å². The molecule has 0 aliphatic heterocycles. The van der Waals surface area contributed by atoms with Crippen LogP contribution in [0.3, 0.4) is 0 Å². The molecule has 0 aliphatic carbocycles. The Kier molecular flexibility index (Phi) is 6.08. The molecule has 0 spiro atoms. The first kappa shape index (κ1) is 19.3. The number of rotatable bonds is 7. The van der Waals surface area contributed by atoms with Gasteiger partial charge >= 0.3 is 0 Å². The molecule has 1 aromatic heterocycles. The molecule has 1 N–H and O–H groups in total. The Bertz CT molecular complexity index is 1040. The van der Waals surface area contributed by atoms with Gasteiger partial charge in [-0.2, -0.15) is 0 Å². The summed E-state index contributed by atoms with van der Waals surface area (Å²) in [5.74, 6) is 0.214. The van der Waals surface area contributed by atoms with Crippen LogP contribution < -0.4 is 5.56 Å². The molecule has 0 fully saturated rings. The van der Waals surface area contributed by atoms with E-state index in [0.717, 1.165) is 11.1 Å². The topological polar surface area (TPSA) is 72.2 Å². The second-order valence-corrected chi connectivity index (χ2v) is 7.42. The third kappa shape index (κ3) is 4.28. The summed E-state index contributed by atoms with van der Waals surface area (Å²) in [4.78, 5) is 30.1. The molecule has 140 valence electrons. The van der Waals surface area contributed by atoms with Gasteiger partial charge in [0.1, 0.15) is 0 Å². The van der Waals surface area contributed by atoms with Crippen LogP contribution in [-0.2, 0) is 6.54 Å². The van der Waals surface area contributed by atoms with Crippen LogP contribution in [0, 0.1) is 13.8 Å². The summed E-state index contributed by atoms with van der Waals surface area (Å²) in [6.45, 7) is 4.24. The summed E-state index contributed by atoms with van der Waals surface area (Å²) in [5.41, 5.74) is 3.15. The summed E-state index contributed by atoms with van der Waals surface area (Å²) in [6, 6.07) is 13.0. The number of benzene rings is 2. The first-order chi connectivity index (χ1) is 13.0. The average molecular weight is 382 g/mol. The lowest BCUT2D eigenvalue weighted by molar-refractivity contribution is 0.102. The number of carbonyl (C=O) groups excluding carboxylic acids is 1. The minimum atomic E-state index is -0.143. The smallest absolute Gasteiger partial charge is 0.262 e. The fourth-order valence-corrected chi connectivity index (χ4v) is 3.84. The molecule has 1 heterocycles. The minimum absolute atomic E-state index is 0.00914. The van der Waals surface area contributed by atoms with E-state index in [0.29, 0.717) is 34.6 Å². The van der Waals surface area contributed by atoms with Crippen molar-refractivity contribution in [3.8, 4) is 0 Å². The Morgan fingerprint density at radius 2 is 1.96 bits per heavy atom. The molecule has 0 saturated carbocycles. The predicted octanol–water partition coefficient (Wildman–Crippen LogP) is 3.37. The largest absolute Gasteiger partial charge is 0.396 e. The molecule has 0 saturated heterocycles. The van der Waals surface area contributed by atoms with Gasteiger partial charge in [-0.15, -0.1) is 0 Å². The molecule has 3 rings (SSSR count). The lowest BCUT2D eigenvalue weighted by Gasteiger charge is -2.13. The third-order valence-corrected chi connectivity index (χ3v) is 5.37. The molecule has 0 bridgehead atoms. The van der Waals surface area contributed by atoms with Gasteiger partial charge in [0.25, 0.3) is 5.56 Å². The molecule has 0 amide bonds. The number of aliphatic hydroxyl groups excluding tert-OH is 1. The Hall–Kier alpha value is -2.44. The molecule has 0 radical (unpaired) electrons. The van der Waals surface area contributed by atoms with E-state index in [-0.39, 0.29) is 23.7 Å². The minimum Gasteiger partial charge on any atom is -0.396 e. The first-order valence-corrected chi connectivity index (χ1v) is 9.83. The monoisotopic (exact) mass is 382 g/mol. The molecule has 0 unspecified atom stereocenters. The molecular formula is C21H22N2O3S. The standard InChI is InChI=1S/C21H22N2O3S/c1-14-8-9-15(2)17(12-14)19(25)13-27-21-22-18-7-4-3-6-16(18)20(26)23(21)10-5-11-24/h3-4,6-9,12,24H,5,10-11,13H2,1-2H3. The fraction of sp³-hybridized carbons (Fsp3) is 0.286. The van der Waals surface area contributed by atoms with Crippen LogP contribution in [0.5, 0.6) is 0 Å². The number of carbonyl (C=O) groups is 1. The van der Waals surface area contributed by atoms with E-state index in [1.807, 2.05) is 38.1 Å². The number of fused-ring (bicyclic) bond motifs is 1. The highest BCUT2D eigenvalue weighted by Crippen LogP contribution is 2.21. The summed E-state index contributed by atoms with van der Waals surface area (Å²) < 4.78 is 1.56. The molecule has 5 nitrogen and oxygen atoms in total. The van der Waals surface area contributed by atoms with Gasteiger partial charge in [-0.1, -0.05) is 41.6 Å². The lowest BCUT2D eigenvalue weighted by Crippen LogP contribution is -2.24. The van der Waals surface area contributed by atoms with Crippen molar-refractivity contribution in [1.82, 2.24) is 9.55 Å². The fourth-order valence-electron chi connectivity index (χ4n) is 2.93. The molecule has 2 aromatic carbocycles. The summed E-state index contributed by atoms with van der Waals surface area (Å²) in [7, 11) is 0. The van der Waals surface area contributed by atoms with Crippen molar-refractivity contribution in [2.45, 2.75) is 32.0 Å². The summed E-state index contributed by atoms with van der Waals surface area (Å²) >= 11 is 1.26. The second kappa shape index (κ2) is 8.50. The molecule has 0 atom stereocenters. The van der Waals surface area contributed by atoms with Crippen molar-refractivity contribution in [3.63, 3.8) is 0 Å². The lowest BCUT2D eigenvalue weighted by atomic mass is 10.0. The Morgan fingerprint density at radius 1 is 1.19 bits per heavy atom. The van der Waals surface area contributed by atoms with Crippen LogP contribution in [0.15, 0.2) is 52.4 Å². The molecule has 3 aromatic rings. The van der Waals surface area contributed by atoms with Gasteiger partial charge in [0.2, 0.25) is 0 Å². The van der Waals surface area contributed by atoms with Crippen LogP contribution in [0.25, 0.3) is 10.9 Å². The SMILES string of the molecule is Cc1ccc(C)c(C(=O)CSc2nc3ccccc3c(=O)n2CCCO)c1. The van der Waals surface area contributed by atoms with Crippen molar-refractivity contribution in [1.29, 1.82) is 0 Å². The quantitative estimate of drug-likeness (QED) is 0.385. The first-order valence-electron chi connectivity index (χ1n) is 8.85. The van der Waals surface area contributed by atoms with Gasteiger partial charge in [-0.3, -0.25) is 14.2 Å². The Labute approximate surface area is 162 Å². The van der Waals surface area contributed by atoms with Crippen LogP contribution in [0.2, 0.25) is 0 Å². The van der Waals surface area contributed by atoms with Gasteiger partial charge in [0.15, 0.2) is 10.9 Å². The van der Waals surface area contributed by atoms with Crippen LogP contribution in [0.1, 0.15) is 27.9 Å². The number of nitrogens with zero attached hydrogens (tertiary/aromatic N) is 2. The molecule has 6 heteroatoms. The van der Waals surface area contributed by atoms with Crippen LogP contribution in [-0.4, -0.2) is 32.8 Å². The van der Waals surface area contributed by atoms with Crippen molar-refractivity contribution in [3.05, 3.63) is 69.5 Å². The zero-order valence-electron chi connectivity index (χ0n) is 15.4. The van der Waals surface area contributed by atoms with Gasteiger partial charge in [0, 0.05) is 18.7 Å². The van der Waals surface area contributed by atoms with Gasteiger partial charge in [-0.05, 0) is 44.0 Å². The van der Waals surface area contributed by atoms with E-state index in [1.54, 1.807) is 22.8 Å². The van der Waals surface area contributed by atoms with Crippen LogP contribution >= 0.6 is 11.8 Å². The number of aromatic nitrogens is 2. The van der Waals surface area contributed by atoms with Crippen molar-refractivity contribution >= 4 is 28.4 Å². The average Bonchev–Trinajstić information content (AvgIpc) is 2.67. The number of hydrogen-bond acceptors (Lipinski definition) is 5. The Balaban J connectivity index is 1.92. The highest BCUT2D eigenvalue weighted by atomic mass is 32.2.